The van der Waals surface area contributed by atoms with Crippen LogP contribution in [-0.4, -0.2) is 54.7 Å². The Morgan fingerprint density at radius 3 is 2.68 bits per heavy atom. The average molecular weight is 344 g/mol. The fourth-order valence-corrected chi connectivity index (χ4v) is 4.34. The third-order valence-corrected chi connectivity index (χ3v) is 5.94. The van der Waals surface area contributed by atoms with Crippen LogP contribution < -0.4 is 9.47 Å². The van der Waals surface area contributed by atoms with Crippen LogP contribution in [0.4, 0.5) is 0 Å². The second kappa shape index (κ2) is 7.24. The molecule has 3 aliphatic rings. The van der Waals surface area contributed by atoms with Gasteiger partial charge in [0.05, 0.1) is 6.54 Å². The molecular weight excluding hydrogens is 316 g/mol. The van der Waals surface area contributed by atoms with E-state index in [2.05, 4.69) is 28.9 Å². The highest BCUT2D eigenvalue weighted by Crippen LogP contribution is 2.37. The van der Waals surface area contributed by atoms with Gasteiger partial charge in [-0.1, -0.05) is 6.07 Å². The summed E-state index contributed by atoms with van der Waals surface area (Å²) in [5.74, 6) is 2.58. The molecule has 1 amide bonds. The van der Waals surface area contributed by atoms with E-state index in [9.17, 15) is 4.79 Å². The highest BCUT2D eigenvalue weighted by molar-refractivity contribution is 5.78. The second-order valence-electron chi connectivity index (χ2n) is 7.60. The summed E-state index contributed by atoms with van der Waals surface area (Å²) < 4.78 is 10.9. The quantitative estimate of drug-likeness (QED) is 0.845. The van der Waals surface area contributed by atoms with Crippen LogP contribution >= 0.6 is 0 Å². The first-order valence-electron chi connectivity index (χ1n) is 9.62. The Labute approximate surface area is 149 Å². The number of hydrogen-bond donors (Lipinski definition) is 0. The second-order valence-corrected chi connectivity index (χ2v) is 7.60. The number of rotatable bonds is 3. The normalized spacial score (nSPS) is 24.5. The summed E-state index contributed by atoms with van der Waals surface area (Å²) in [6.45, 7) is 6.02. The number of amides is 1. The number of carbonyl (C=O) groups excluding carboxylic acids is 1. The van der Waals surface area contributed by atoms with Crippen LogP contribution in [-0.2, 0) is 4.79 Å². The zero-order chi connectivity index (χ0) is 17.2. The minimum atomic E-state index is 0.314. The number of carbonyl (C=O) groups is 1. The van der Waals surface area contributed by atoms with Crippen LogP contribution in [0.1, 0.15) is 50.5 Å². The van der Waals surface area contributed by atoms with E-state index < -0.39 is 0 Å². The van der Waals surface area contributed by atoms with Crippen molar-refractivity contribution in [3.05, 3.63) is 23.8 Å². The third-order valence-electron chi connectivity index (χ3n) is 5.94. The van der Waals surface area contributed by atoms with Crippen molar-refractivity contribution in [3.8, 4) is 11.5 Å². The first-order valence-corrected chi connectivity index (χ1v) is 9.62. The van der Waals surface area contributed by atoms with Gasteiger partial charge in [-0.3, -0.25) is 9.69 Å². The molecule has 2 saturated heterocycles. The summed E-state index contributed by atoms with van der Waals surface area (Å²) in [5, 5.41) is 0. The predicted octanol–water partition coefficient (Wildman–Crippen LogP) is 3.00. The Morgan fingerprint density at radius 2 is 1.88 bits per heavy atom. The van der Waals surface area contributed by atoms with Crippen LogP contribution in [0.5, 0.6) is 11.5 Å². The van der Waals surface area contributed by atoms with Crippen LogP contribution in [0.3, 0.4) is 0 Å². The van der Waals surface area contributed by atoms with Crippen molar-refractivity contribution in [1.29, 1.82) is 0 Å². The van der Waals surface area contributed by atoms with Crippen molar-refractivity contribution < 1.29 is 14.3 Å². The number of piperidine rings is 2. The monoisotopic (exact) mass is 344 g/mol. The summed E-state index contributed by atoms with van der Waals surface area (Å²) in [6.07, 6.45) is 5.76. The molecule has 136 valence electrons. The van der Waals surface area contributed by atoms with E-state index in [1.807, 2.05) is 6.07 Å². The van der Waals surface area contributed by atoms with Crippen LogP contribution in [0, 0.1) is 0 Å². The molecule has 0 radical (unpaired) electrons. The summed E-state index contributed by atoms with van der Waals surface area (Å²) in [4.78, 5) is 17.0. The van der Waals surface area contributed by atoms with Gasteiger partial charge >= 0.3 is 0 Å². The van der Waals surface area contributed by atoms with Crippen LogP contribution in [0.2, 0.25) is 0 Å². The molecule has 0 unspecified atom stereocenters. The Morgan fingerprint density at radius 1 is 1.08 bits per heavy atom. The fourth-order valence-electron chi connectivity index (χ4n) is 4.34. The first-order chi connectivity index (χ1) is 12.2. The third kappa shape index (κ3) is 3.61. The molecule has 0 N–H and O–H groups in total. The Balaban J connectivity index is 1.30. The van der Waals surface area contributed by atoms with Gasteiger partial charge in [0.15, 0.2) is 11.5 Å². The molecule has 0 bridgehead atoms. The summed E-state index contributed by atoms with van der Waals surface area (Å²) in [7, 11) is 0. The van der Waals surface area contributed by atoms with Crippen molar-refractivity contribution in [2.75, 3.05) is 33.0 Å². The molecule has 1 aromatic rings. The van der Waals surface area contributed by atoms with Gasteiger partial charge in [0.2, 0.25) is 12.7 Å². The summed E-state index contributed by atoms with van der Waals surface area (Å²) in [6, 6.07) is 6.72. The maximum Gasteiger partial charge on any atom is 0.236 e. The van der Waals surface area contributed by atoms with E-state index in [4.69, 9.17) is 9.47 Å². The molecule has 0 aromatic heterocycles. The zero-order valence-electron chi connectivity index (χ0n) is 15.1. The maximum atomic E-state index is 12.6. The number of ether oxygens (including phenoxy) is 2. The van der Waals surface area contributed by atoms with Crippen molar-refractivity contribution >= 4 is 5.91 Å². The molecule has 4 rings (SSSR count). The molecule has 1 aromatic carbocycles. The van der Waals surface area contributed by atoms with Gasteiger partial charge in [-0.2, -0.15) is 0 Å². The lowest BCUT2D eigenvalue weighted by atomic mass is 9.89. The van der Waals surface area contributed by atoms with E-state index in [1.54, 1.807) is 0 Å². The summed E-state index contributed by atoms with van der Waals surface area (Å²) >= 11 is 0. The Kier molecular flexibility index (Phi) is 4.84. The molecule has 25 heavy (non-hydrogen) atoms. The fraction of sp³-hybridized carbons (Fsp3) is 0.650. The van der Waals surface area contributed by atoms with Gasteiger partial charge in [-0.15, -0.1) is 0 Å². The minimum absolute atomic E-state index is 0.314. The lowest BCUT2D eigenvalue weighted by Gasteiger charge is -2.37. The van der Waals surface area contributed by atoms with Gasteiger partial charge in [-0.05, 0) is 75.7 Å². The molecular formula is C20H28N2O3. The largest absolute Gasteiger partial charge is 0.454 e. The highest BCUT2D eigenvalue weighted by Gasteiger charge is 2.27. The maximum absolute atomic E-state index is 12.6. The average Bonchev–Trinajstić information content (AvgIpc) is 3.10. The molecule has 1 atom stereocenters. The van der Waals surface area contributed by atoms with E-state index in [1.165, 1.54) is 12.0 Å². The number of nitrogens with zero attached hydrogens (tertiary/aromatic N) is 2. The molecule has 0 spiro atoms. The molecule has 2 fully saturated rings. The van der Waals surface area contributed by atoms with Crippen molar-refractivity contribution in [2.45, 2.75) is 51.0 Å². The Hall–Kier alpha value is -1.75. The van der Waals surface area contributed by atoms with Crippen LogP contribution in [0.15, 0.2) is 18.2 Å². The molecule has 3 heterocycles. The van der Waals surface area contributed by atoms with Crippen molar-refractivity contribution in [2.24, 2.45) is 0 Å². The number of fused-ring (bicyclic) bond motifs is 1. The standard InChI is InChI=1S/C20H28N2O3/c1-15-4-2-3-9-22(15)20(23)13-21-10-7-16(8-11-21)17-5-6-18-19(12-17)25-14-24-18/h5-6,12,15-16H,2-4,7-11,13-14H2,1H3/t15-/m1/s1. The molecule has 3 aliphatic heterocycles. The molecule has 0 saturated carbocycles. The zero-order valence-corrected chi connectivity index (χ0v) is 15.1. The molecule has 0 aliphatic carbocycles. The first kappa shape index (κ1) is 16.7. The van der Waals surface area contributed by atoms with E-state index in [-0.39, 0.29) is 0 Å². The van der Waals surface area contributed by atoms with E-state index in [0.29, 0.717) is 31.2 Å². The number of hydrogen-bond acceptors (Lipinski definition) is 4. The predicted molar refractivity (Wildman–Crippen MR) is 96.0 cm³/mol. The van der Waals surface area contributed by atoms with Crippen molar-refractivity contribution in [1.82, 2.24) is 9.80 Å². The SMILES string of the molecule is C[C@@H]1CCCCN1C(=O)CN1CCC(c2ccc3c(c2)OCO3)CC1. The number of benzene rings is 1. The van der Waals surface area contributed by atoms with Crippen molar-refractivity contribution in [3.63, 3.8) is 0 Å². The minimum Gasteiger partial charge on any atom is -0.454 e. The highest BCUT2D eigenvalue weighted by atomic mass is 16.7. The Bertz CT molecular complexity index is 625. The van der Waals surface area contributed by atoms with E-state index in [0.717, 1.165) is 56.8 Å². The van der Waals surface area contributed by atoms with E-state index >= 15 is 0 Å². The van der Waals surface area contributed by atoms with Gasteiger partial charge in [-0.25, -0.2) is 0 Å². The van der Waals surface area contributed by atoms with Gasteiger partial charge in [0.25, 0.3) is 0 Å². The lowest BCUT2D eigenvalue weighted by Crippen LogP contribution is -2.48. The van der Waals surface area contributed by atoms with Gasteiger partial charge in [0.1, 0.15) is 0 Å². The molecule has 5 nitrogen and oxygen atoms in total. The topological polar surface area (TPSA) is 42.0 Å². The smallest absolute Gasteiger partial charge is 0.236 e. The summed E-state index contributed by atoms with van der Waals surface area (Å²) in [5.41, 5.74) is 1.33. The lowest BCUT2D eigenvalue weighted by molar-refractivity contribution is -0.135. The molecule has 5 heteroatoms. The van der Waals surface area contributed by atoms with Gasteiger partial charge < -0.3 is 14.4 Å². The number of likely N-dealkylation sites (tertiary alicyclic amines) is 2. The van der Waals surface area contributed by atoms with Gasteiger partial charge in [0, 0.05) is 12.6 Å². The van der Waals surface area contributed by atoms with Crippen LogP contribution in [0.25, 0.3) is 0 Å².